The number of sulfonamides is 1. The van der Waals surface area contributed by atoms with E-state index in [4.69, 9.17) is 4.74 Å². The van der Waals surface area contributed by atoms with Gasteiger partial charge in [0.25, 0.3) is 5.91 Å². The van der Waals surface area contributed by atoms with Gasteiger partial charge in [0.2, 0.25) is 10.0 Å². The predicted octanol–water partition coefficient (Wildman–Crippen LogP) is 0.462. The summed E-state index contributed by atoms with van der Waals surface area (Å²) in [6.07, 6.45) is 1.37. The quantitative estimate of drug-likeness (QED) is 0.798. The Labute approximate surface area is 113 Å². The van der Waals surface area contributed by atoms with Gasteiger partial charge in [0.1, 0.15) is 11.6 Å². The van der Waals surface area contributed by atoms with Crippen molar-refractivity contribution in [2.24, 2.45) is 0 Å². The van der Waals surface area contributed by atoms with Crippen LogP contribution in [0, 0.1) is 0 Å². The van der Waals surface area contributed by atoms with Gasteiger partial charge in [0.05, 0.1) is 6.26 Å². The second-order valence-corrected chi connectivity index (χ2v) is 7.32. The molecule has 0 aromatic heterocycles. The van der Waals surface area contributed by atoms with Crippen molar-refractivity contribution in [3.8, 4) is 0 Å². The van der Waals surface area contributed by atoms with Crippen molar-refractivity contribution in [3.63, 3.8) is 0 Å². The lowest BCUT2D eigenvalue weighted by atomic mass is 10.2. The highest BCUT2D eigenvalue weighted by Crippen LogP contribution is 2.21. The molecule has 0 aromatic carbocycles. The molecule has 7 nitrogen and oxygen atoms in total. The predicted molar refractivity (Wildman–Crippen MR) is 68.9 cm³/mol. The normalized spacial score (nSPS) is 20.2. The second-order valence-electron chi connectivity index (χ2n) is 5.57. The molecule has 0 spiro atoms. The third-order valence-electron chi connectivity index (χ3n) is 2.47. The SMILES string of the molecule is CC(C)(C)OC(=O)N1CCCC1C(=O)NS(C)(=O)=O. The summed E-state index contributed by atoms with van der Waals surface area (Å²) in [5, 5.41) is 0. The van der Waals surface area contributed by atoms with Gasteiger partial charge in [-0.3, -0.25) is 14.4 Å². The minimum absolute atomic E-state index is 0.386. The monoisotopic (exact) mass is 292 g/mol. The minimum Gasteiger partial charge on any atom is -0.444 e. The molecule has 0 bridgehead atoms. The number of hydrogen-bond acceptors (Lipinski definition) is 5. The average Bonchev–Trinajstić information content (AvgIpc) is 2.59. The number of likely N-dealkylation sites (tertiary alicyclic amines) is 1. The molecule has 1 aliphatic heterocycles. The van der Waals surface area contributed by atoms with Crippen molar-refractivity contribution in [1.29, 1.82) is 0 Å². The van der Waals surface area contributed by atoms with Crippen LogP contribution in [0.1, 0.15) is 33.6 Å². The van der Waals surface area contributed by atoms with E-state index in [1.807, 2.05) is 4.72 Å². The van der Waals surface area contributed by atoms with E-state index >= 15 is 0 Å². The van der Waals surface area contributed by atoms with Crippen molar-refractivity contribution in [1.82, 2.24) is 9.62 Å². The topological polar surface area (TPSA) is 92.8 Å². The largest absolute Gasteiger partial charge is 0.444 e. The molecule has 0 radical (unpaired) electrons. The van der Waals surface area contributed by atoms with Crippen molar-refractivity contribution in [2.75, 3.05) is 12.8 Å². The number of hydrogen-bond donors (Lipinski definition) is 1. The molecule has 2 amide bonds. The first-order valence-corrected chi connectivity index (χ1v) is 7.90. The van der Waals surface area contributed by atoms with Gasteiger partial charge in [-0.2, -0.15) is 0 Å². The van der Waals surface area contributed by atoms with E-state index in [1.165, 1.54) is 4.90 Å². The minimum atomic E-state index is -3.62. The molecule has 0 aromatic rings. The summed E-state index contributed by atoms with van der Waals surface area (Å²) in [6.45, 7) is 5.57. The maximum Gasteiger partial charge on any atom is 0.410 e. The fourth-order valence-corrected chi connectivity index (χ4v) is 2.33. The molecule has 0 aliphatic carbocycles. The van der Waals surface area contributed by atoms with E-state index in [9.17, 15) is 18.0 Å². The zero-order valence-electron chi connectivity index (χ0n) is 11.6. The van der Waals surface area contributed by atoms with Crippen LogP contribution in [0.5, 0.6) is 0 Å². The van der Waals surface area contributed by atoms with Crippen LogP contribution in [0.15, 0.2) is 0 Å². The van der Waals surface area contributed by atoms with Crippen LogP contribution in [-0.2, 0) is 19.6 Å². The molecule has 1 aliphatic rings. The summed E-state index contributed by atoms with van der Waals surface area (Å²) >= 11 is 0. The van der Waals surface area contributed by atoms with Crippen LogP contribution >= 0.6 is 0 Å². The Morgan fingerprint density at radius 1 is 1.32 bits per heavy atom. The van der Waals surface area contributed by atoms with E-state index in [1.54, 1.807) is 20.8 Å². The van der Waals surface area contributed by atoms with Gasteiger partial charge in [-0.25, -0.2) is 13.2 Å². The van der Waals surface area contributed by atoms with Crippen LogP contribution < -0.4 is 4.72 Å². The number of amides is 2. The van der Waals surface area contributed by atoms with Crippen LogP contribution in [0.4, 0.5) is 4.79 Å². The first-order valence-electron chi connectivity index (χ1n) is 6.01. The molecule has 1 heterocycles. The highest BCUT2D eigenvalue weighted by molar-refractivity contribution is 7.89. The fraction of sp³-hybridized carbons (Fsp3) is 0.818. The summed E-state index contributed by atoms with van der Waals surface area (Å²) < 4.78 is 29.2. The Morgan fingerprint density at radius 2 is 1.89 bits per heavy atom. The molecule has 8 heteroatoms. The van der Waals surface area contributed by atoms with E-state index in [0.29, 0.717) is 19.4 Å². The van der Waals surface area contributed by atoms with Crippen molar-refractivity contribution in [2.45, 2.75) is 45.3 Å². The Balaban J connectivity index is 2.74. The van der Waals surface area contributed by atoms with Gasteiger partial charge in [-0.05, 0) is 33.6 Å². The van der Waals surface area contributed by atoms with E-state index < -0.39 is 33.7 Å². The highest BCUT2D eigenvalue weighted by atomic mass is 32.2. The Kier molecular flexibility index (Phi) is 4.44. The summed E-state index contributed by atoms with van der Waals surface area (Å²) in [5.41, 5.74) is -0.655. The molecule has 19 heavy (non-hydrogen) atoms. The molecule has 1 atom stereocenters. The Bertz CT molecular complexity index is 466. The van der Waals surface area contributed by atoms with E-state index in [0.717, 1.165) is 6.26 Å². The Morgan fingerprint density at radius 3 is 2.37 bits per heavy atom. The standard InChI is InChI=1S/C11H20N2O5S/c1-11(2,3)18-10(15)13-7-5-6-8(13)9(14)12-19(4,16)17/h8H,5-7H2,1-4H3,(H,12,14). The van der Waals surface area contributed by atoms with Crippen LogP contribution in [-0.4, -0.2) is 49.8 Å². The molecular formula is C11H20N2O5S. The van der Waals surface area contributed by atoms with Crippen molar-refractivity contribution >= 4 is 22.0 Å². The molecule has 1 N–H and O–H groups in total. The first kappa shape index (κ1) is 15.7. The number of ether oxygens (including phenoxy) is 1. The molecule has 1 unspecified atom stereocenters. The second kappa shape index (κ2) is 5.36. The summed E-state index contributed by atoms with van der Waals surface area (Å²) in [4.78, 5) is 25.0. The first-order chi connectivity index (χ1) is 8.49. The number of carbonyl (C=O) groups excluding carboxylic acids is 2. The summed E-state index contributed by atoms with van der Waals surface area (Å²) in [6, 6.07) is -0.787. The van der Waals surface area contributed by atoms with Gasteiger partial charge in [0, 0.05) is 6.54 Å². The number of nitrogens with one attached hydrogen (secondary N) is 1. The van der Waals surface area contributed by atoms with Crippen LogP contribution in [0.2, 0.25) is 0 Å². The van der Waals surface area contributed by atoms with Gasteiger partial charge in [-0.1, -0.05) is 0 Å². The molecule has 110 valence electrons. The van der Waals surface area contributed by atoms with Crippen LogP contribution in [0.3, 0.4) is 0 Å². The molecule has 1 fully saturated rings. The van der Waals surface area contributed by atoms with Crippen molar-refractivity contribution in [3.05, 3.63) is 0 Å². The Hall–Kier alpha value is -1.31. The lowest BCUT2D eigenvalue weighted by Crippen LogP contribution is -2.48. The molecule has 1 rings (SSSR count). The lowest BCUT2D eigenvalue weighted by molar-refractivity contribution is -0.123. The molecular weight excluding hydrogens is 272 g/mol. The third kappa shape index (κ3) is 5.06. The van der Waals surface area contributed by atoms with E-state index in [-0.39, 0.29) is 0 Å². The third-order valence-corrected chi connectivity index (χ3v) is 3.04. The van der Waals surface area contributed by atoms with Gasteiger partial charge >= 0.3 is 6.09 Å². The number of carbonyl (C=O) groups is 2. The molecule has 1 saturated heterocycles. The zero-order valence-corrected chi connectivity index (χ0v) is 12.4. The fourth-order valence-electron chi connectivity index (χ4n) is 1.83. The number of nitrogens with zero attached hydrogens (tertiary/aromatic N) is 1. The smallest absolute Gasteiger partial charge is 0.410 e. The van der Waals surface area contributed by atoms with E-state index in [2.05, 4.69) is 0 Å². The summed E-state index contributed by atoms with van der Waals surface area (Å²) in [5.74, 6) is -0.689. The number of rotatable bonds is 2. The maximum absolute atomic E-state index is 11.9. The van der Waals surface area contributed by atoms with Crippen LogP contribution in [0.25, 0.3) is 0 Å². The maximum atomic E-state index is 11.9. The van der Waals surface area contributed by atoms with Gasteiger partial charge in [0.15, 0.2) is 0 Å². The van der Waals surface area contributed by atoms with Gasteiger partial charge < -0.3 is 4.74 Å². The highest BCUT2D eigenvalue weighted by Gasteiger charge is 2.37. The zero-order chi connectivity index (χ0) is 14.8. The lowest BCUT2D eigenvalue weighted by Gasteiger charge is -2.27. The average molecular weight is 292 g/mol. The van der Waals surface area contributed by atoms with Gasteiger partial charge in [-0.15, -0.1) is 0 Å². The molecule has 0 saturated carbocycles. The van der Waals surface area contributed by atoms with Crippen molar-refractivity contribution < 1.29 is 22.7 Å². The summed E-state index contributed by atoms with van der Waals surface area (Å²) in [7, 11) is -3.62.